The predicted molar refractivity (Wildman–Crippen MR) is 70.9 cm³/mol. The largest absolute Gasteiger partial charge is 0.436 e. The first kappa shape index (κ1) is 12.5. The molecule has 0 N–H and O–H groups in total. The van der Waals surface area contributed by atoms with E-state index < -0.39 is 0 Å². The van der Waals surface area contributed by atoms with Gasteiger partial charge in [0.15, 0.2) is 0 Å². The van der Waals surface area contributed by atoms with E-state index in [9.17, 15) is 0 Å². The fraction of sp³-hybridized carbons (Fsp3) is 1.00. The highest BCUT2D eigenvalue weighted by molar-refractivity contribution is 6.51. The van der Waals surface area contributed by atoms with Crippen LogP contribution in [0.4, 0.5) is 0 Å². The van der Waals surface area contributed by atoms with E-state index in [1.165, 1.54) is 64.0 Å². The third-order valence-electron chi connectivity index (χ3n) is 4.49. The van der Waals surface area contributed by atoms with Crippen molar-refractivity contribution in [2.24, 2.45) is 11.8 Å². The van der Waals surface area contributed by atoms with E-state index in [0.717, 1.165) is 18.4 Å². The quantitative estimate of drug-likeness (QED) is 0.478. The molecule has 0 aromatic carbocycles. The molecule has 1 saturated carbocycles. The highest BCUT2D eigenvalue weighted by Crippen LogP contribution is 2.40. The lowest BCUT2D eigenvalue weighted by Crippen LogP contribution is -2.21. The molecular weight excluding hydrogens is 195 g/mol. The summed E-state index contributed by atoms with van der Waals surface area (Å²) in [7, 11) is 0. The SMILES string of the molecule is CCCCCCOB1CCC2CCC(C1)C2. The van der Waals surface area contributed by atoms with Gasteiger partial charge in [-0.05, 0) is 37.3 Å². The first-order chi connectivity index (χ1) is 7.88. The van der Waals surface area contributed by atoms with Crippen LogP contribution in [0.5, 0.6) is 0 Å². The maximum Gasteiger partial charge on any atom is 0.293 e. The van der Waals surface area contributed by atoms with Crippen LogP contribution in [0.25, 0.3) is 0 Å². The fourth-order valence-corrected chi connectivity index (χ4v) is 3.50. The van der Waals surface area contributed by atoms with Crippen LogP contribution >= 0.6 is 0 Å². The topological polar surface area (TPSA) is 9.23 Å². The molecule has 0 aromatic rings. The van der Waals surface area contributed by atoms with E-state index in [0.29, 0.717) is 6.92 Å². The van der Waals surface area contributed by atoms with Gasteiger partial charge in [-0.3, -0.25) is 0 Å². The normalized spacial score (nSPS) is 29.4. The zero-order valence-corrected chi connectivity index (χ0v) is 10.9. The van der Waals surface area contributed by atoms with Gasteiger partial charge in [0.2, 0.25) is 0 Å². The summed E-state index contributed by atoms with van der Waals surface area (Å²) in [6, 6.07) is 0. The van der Waals surface area contributed by atoms with Gasteiger partial charge in [-0.1, -0.05) is 45.4 Å². The first-order valence-electron chi connectivity index (χ1n) is 7.50. The fourth-order valence-electron chi connectivity index (χ4n) is 3.50. The molecule has 2 atom stereocenters. The Balaban J connectivity index is 1.59. The Bertz CT molecular complexity index is 195. The highest BCUT2D eigenvalue weighted by atomic mass is 16.4. The summed E-state index contributed by atoms with van der Waals surface area (Å²) in [6.07, 6.45) is 14.0. The molecule has 1 saturated heterocycles. The molecule has 92 valence electrons. The first-order valence-corrected chi connectivity index (χ1v) is 7.50. The van der Waals surface area contributed by atoms with Gasteiger partial charge in [-0.15, -0.1) is 0 Å². The lowest BCUT2D eigenvalue weighted by Gasteiger charge is -2.16. The molecule has 2 aliphatic rings. The van der Waals surface area contributed by atoms with Gasteiger partial charge in [0.1, 0.15) is 0 Å². The van der Waals surface area contributed by atoms with E-state index in [4.69, 9.17) is 4.65 Å². The van der Waals surface area contributed by atoms with Crippen LogP contribution in [0.2, 0.25) is 12.6 Å². The molecule has 16 heavy (non-hydrogen) atoms. The molecule has 0 spiro atoms. The van der Waals surface area contributed by atoms with E-state index in [1.807, 2.05) is 0 Å². The third-order valence-corrected chi connectivity index (χ3v) is 4.49. The molecule has 1 aliphatic heterocycles. The molecule has 2 unspecified atom stereocenters. The van der Waals surface area contributed by atoms with E-state index in [2.05, 4.69) is 6.92 Å². The van der Waals surface area contributed by atoms with Gasteiger partial charge in [0, 0.05) is 6.61 Å². The Hall–Kier alpha value is 0.0249. The van der Waals surface area contributed by atoms with Crippen molar-refractivity contribution in [1.29, 1.82) is 0 Å². The number of unbranched alkanes of at least 4 members (excludes halogenated alkanes) is 3. The summed E-state index contributed by atoms with van der Waals surface area (Å²) < 4.78 is 6.06. The van der Waals surface area contributed by atoms with Crippen molar-refractivity contribution in [3.05, 3.63) is 0 Å². The summed E-state index contributed by atoms with van der Waals surface area (Å²) in [4.78, 5) is 0. The Morgan fingerprint density at radius 3 is 2.81 bits per heavy atom. The molecule has 1 aliphatic carbocycles. The van der Waals surface area contributed by atoms with Crippen molar-refractivity contribution in [3.63, 3.8) is 0 Å². The lowest BCUT2D eigenvalue weighted by atomic mass is 9.57. The summed E-state index contributed by atoms with van der Waals surface area (Å²) in [6.45, 7) is 3.89. The van der Waals surface area contributed by atoms with Gasteiger partial charge in [0.05, 0.1) is 0 Å². The van der Waals surface area contributed by atoms with Crippen LogP contribution in [0.15, 0.2) is 0 Å². The standard InChI is InChI=1S/C14H27BO/c1-2-3-4-5-10-16-15-9-8-13-6-7-14(11-13)12-15/h13-14H,2-12H2,1H3. The van der Waals surface area contributed by atoms with E-state index in [1.54, 1.807) is 0 Å². The number of fused-ring (bicyclic) bond motifs is 2. The summed E-state index contributed by atoms with van der Waals surface area (Å²) in [5, 5.41) is 0. The van der Waals surface area contributed by atoms with Gasteiger partial charge in [-0.25, -0.2) is 0 Å². The second-order valence-electron chi connectivity index (χ2n) is 5.91. The molecule has 2 fully saturated rings. The van der Waals surface area contributed by atoms with Crippen LogP contribution in [0.1, 0.15) is 58.3 Å². The van der Waals surface area contributed by atoms with Gasteiger partial charge in [-0.2, -0.15) is 0 Å². The zero-order chi connectivity index (χ0) is 11.2. The molecule has 0 amide bonds. The predicted octanol–water partition coefficient (Wildman–Crippen LogP) is 4.39. The minimum Gasteiger partial charge on any atom is -0.436 e. The van der Waals surface area contributed by atoms with Crippen LogP contribution in [-0.4, -0.2) is 13.5 Å². The monoisotopic (exact) mass is 222 g/mol. The van der Waals surface area contributed by atoms with Crippen molar-refractivity contribution in [1.82, 2.24) is 0 Å². The minimum absolute atomic E-state index is 0.608. The molecule has 0 radical (unpaired) electrons. The second kappa shape index (κ2) is 6.69. The second-order valence-corrected chi connectivity index (χ2v) is 5.91. The average Bonchev–Trinajstić information content (AvgIpc) is 2.61. The van der Waals surface area contributed by atoms with Crippen molar-refractivity contribution in [2.45, 2.75) is 70.9 Å². The molecular formula is C14H27BO. The van der Waals surface area contributed by atoms with E-state index in [-0.39, 0.29) is 0 Å². The van der Waals surface area contributed by atoms with E-state index >= 15 is 0 Å². The number of hydrogen-bond acceptors (Lipinski definition) is 1. The Labute approximate surface area is 101 Å². The Morgan fingerprint density at radius 2 is 1.94 bits per heavy atom. The summed E-state index contributed by atoms with van der Waals surface area (Å²) >= 11 is 0. The van der Waals surface area contributed by atoms with Gasteiger partial charge in [0.25, 0.3) is 6.92 Å². The van der Waals surface area contributed by atoms with Crippen LogP contribution in [-0.2, 0) is 4.65 Å². The molecule has 1 nitrogen and oxygen atoms in total. The van der Waals surface area contributed by atoms with Crippen molar-refractivity contribution < 1.29 is 4.65 Å². The number of rotatable bonds is 6. The smallest absolute Gasteiger partial charge is 0.293 e. The van der Waals surface area contributed by atoms with Gasteiger partial charge >= 0.3 is 0 Å². The van der Waals surface area contributed by atoms with Crippen molar-refractivity contribution in [3.8, 4) is 0 Å². The molecule has 2 heteroatoms. The molecule has 0 aromatic heterocycles. The molecule has 2 rings (SSSR count). The average molecular weight is 222 g/mol. The van der Waals surface area contributed by atoms with Crippen LogP contribution in [0.3, 0.4) is 0 Å². The summed E-state index contributed by atoms with van der Waals surface area (Å²) in [5.74, 6) is 2.06. The van der Waals surface area contributed by atoms with Crippen molar-refractivity contribution in [2.75, 3.05) is 6.61 Å². The van der Waals surface area contributed by atoms with Gasteiger partial charge < -0.3 is 4.65 Å². The zero-order valence-electron chi connectivity index (χ0n) is 10.9. The highest BCUT2D eigenvalue weighted by Gasteiger charge is 2.33. The lowest BCUT2D eigenvalue weighted by molar-refractivity contribution is 0.300. The van der Waals surface area contributed by atoms with Crippen molar-refractivity contribution >= 4 is 6.92 Å². The Morgan fingerprint density at radius 1 is 1.06 bits per heavy atom. The number of hydrogen-bond donors (Lipinski definition) is 0. The maximum atomic E-state index is 6.06. The molecule has 2 bridgehead atoms. The maximum absolute atomic E-state index is 6.06. The minimum atomic E-state index is 0.608. The molecule has 1 heterocycles. The van der Waals surface area contributed by atoms with Crippen LogP contribution in [0, 0.1) is 11.8 Å². The van der Waals surface area contributed by atoms with Crippen LogP contribution < -0.4 is 0 Å². The Kier molecular flexibility index (Phi) is 5.22. The third kappa shape index (κ3) is 3.80. The summed E-state index contributed by atoms with van der Waals surface area (Å²) in [5.41, 5.74) is 0.